The van der Waals surface area contributed by atoms with Crippen molar-refractivity contribution in [3.05, 3.63) is 0 Å². The summed E-state index contributed by atoms with van der Waals surface area (Å²) in [6, 6.07) is 0.0750. The summed E-state index contributed by atoms with van der Waals surface area (Å²) in [5.41, 5.74) is 0.287. The van der Waals surface area contributed by atoms with Gasteiger partial charge in [0, 0.05) is 19.1 Å². The van der Waals surface area contributed by atoms with Crippen LogP contribution in [0, 0.1) is 17.3 Å². The lowest BCUT2D eigenvalue weighted by Gasteiger charge is -2.43. The van der Waals surface area contributed by atoms with E-state index in [1.54, 1.807) is 0 Å². The molecule has 1 N–H and O–H groups in total. The summed E-state index contributed by atoms with van der Waals surface area (Å²) in [6.45, 7) is 10.3. The Morgan fingerprint density at radius 1 is 1.24 bits per heavy atom. The van der Waals surface area contributed by atoms with E-state index in [1.807, 2.05) is 6.92 Å². The molecule has 21 heavy (non-hydrogen) atoms. The highest BCUT2D eigenvalue weighted by atomic mass is 32.2. The molecule has 2 rings (SSSR count). The van der Waals surface area contributed by atoms with Crippen molar-refractivity contribution in [3.8, 4) is 0 Å². The minimum atomic E-state index is -2.86. The first-order chi connectivity index (χ1) is 9.58. The predicted octanol–water partition coefficient (Wildman–Crippen LogP) is 1.93. The Morgan fingerprint density at radius 3 is 2.48 bits per heavy atom. The van der Waals surface area contributed by atoms with Gasteiger partial charge in [-0.25, -0.2) is 8.42 Å². The van der Waals surface area contributed by atoms with Crippen LogP contribution in [0.4, 0.5) is 0 Å². The second kappa shape index (κ2) is 6.17. The second-order valence-corrected chi connectivity index (χ2v) is 10.4. The SMILES string of the molecule is CC1CS(=O)(=O)CCN1CC1CC(C(C)(C)C)CCC1O. The fourth-order valence-electron chi connectivity index (χ4n) is 3.84. The maximum atomic E-state index is 11.7. The molecule has 1 saturated carbocycles. The maximum absolute atomic E-state index is 11.7. The molecule has 5 heteroatoms. The normalized spacial score (nSPS) is 38.3. The van der Waals surface area contributed by atoms with Crippen molar-refractivity contribution in [2.45, 2.75) is 59.1 Å². The highest BCUT2D eigenvalue weighted by molar-refractivity contribution is 7.91. The fourth-order valence-corrected chi connectivity index (χ4v) is 5.46. The van der Waals surface area contributed by atoms with E-state index in [4.69, 9.17) is 0 Å². The van der Waals surface area contributed by atoms with Gasteiger partial charge < -0.3 is 5.11 Å². The van der Waals surface area contributed by atoms with Gasteiger partial charge in [0.1, 0.15) is 0 Å². The number of hydrogen-bond donors (Lipinski definition) is 1. The van der Waals surface area contributed by atoms with Gasteiger partial charge in [0.15, 0.2) is 9.84 Å². The van der Waals surface area contributed by atoms with E-state index >= 15 is 0 Å². The third kappa shape index (κ3) is 4.42. The van der Waals surface area contributed by atoms with E-state index < -0.39 is 9.84 Å². The fraction of sp³-hybridized carbons (Fsp3) is 1.00. The molecule has 4 atom stereocenters. The monoisotopic (exact) mass is 317 g/mol. The standard InChI is InChI=1S/C16H31NO3S/c1-12-11-21(19,20)8-7-17(12)10-13-9-14(16(2,3)4)5-6-15(13)18/h12-15,18H,5-11H2,1-4H3. The van der Waals surface area contributed by atoms with Gasteiger partial charge in [0.2, 0.25) is 0 Å². The van der Waals surface area contributed by atoms with Gasteiger partial charge in [-0.1, -0.05) is 20.8 Å². The number of aliphatic hydroxyl groups is 1. The number of nitrogens with zero attached hydrogens (tertiary/aromatic N) is 1. The highest BCUT2D eigenvalue weighted by Gasteiger charge is 2.37. The van der Waals surface area contributed by atoms with Crippen LogP contribution in [0.25, 0.3) is 0 Å². The lowest BCUT2D eigenvalue weighted by molar-refractivity contribution is -0.000484. The van der Waals surface area contributed by atoms with Crippen molar-refractivity contribution >= 4 is 9.84 Å². The molecule has 2 fully saturated rings. The third-order valence-electron chi connectivity index (χ3n) is 5.44. The summed E-state index contributed by atoms with van der Waals surface area (Å²) < 4.78 is 23.3. The Balaban J connectivity index is 1.98. The summed E-state index contributed by atoms with van der Waals surface area (Å²) in [7, 11) is -2.86. The van der Waals surface area contributed by atoms with E-state index in [9.17, 15) is 13.5 Å². The zero-order valence-electron chi connectivity index (χ0n) is 13.9. The van der Waals surface area contributed by atoms with E-state index in [-0.39, 0.29) is 35.0 Å². The second-order valence-electron chi connectivity index (χ2n) is 8.16. The number of aliphatic hydroxyl groups excluding tert-OH is 1. The summed E-state index contributed by atoms with van der Waals surface area (Å²) >= 11 is 0. The predicted molar refractivity (Wildman–Crippen MR) is 86.0 cm³/mol. The molecule has 4 unspecified atom stereocenters. The molecule has 0 bridgehead atoms. The van der Waals surface area contributed by atoms with Crippen molar-refractivity contribution in [1.82, 2.24) is 4.90 Å². The summed E-state index contributed by atoms with van der Waals surface area (Å²) in [5.74, 6) is 1.46. The van der Waals surface area contributed by atoms with Crippen LogP contribution < -0.4 is 0 Å². The first-order valence-electron chi connectivity index (χ1n) is 8.21. The molecule has 2 aliphatic rings. The molecule has 1 saturated heterocycles. The Morgan fingerprint density at radius 2 is 1.90 bits per heavy atom. The van der Waals surface area contributed by atoms with Crippen LogP contribution in [0.15, 0.2) is 0 Å². The lowest BCUT2D eigenvalue weighted by Crippen LogP contribution is -2.51. The Labute approximate surface area is 129 Å². The molecule has 0 aromatic heterocycles. The van der Waals surface area contributed by atoms with Gasteiger partial charge in [-0.2, -0.15) is 0 Å². The van der Waals surface area contributed by atoms with Crippen LogP contribution in [-0.2, 0) is 9.84 Å². The van der Waals surface area contributed by atoms with Gasteiger partial charge in [-0.05, 0) is 43.4 Å². The number of rotatable bonds is 2. The zero-order chi connectivity index (χ0) is 15.8. The van der Waals surface area contributed by atoms with Crippen LogP contribution in [0.5, 0.6) is 0 Å². The van der Waals surface area contributed by atoms with Crippen LogP contribution in [0.1, 0.15) is 47.0 Å². The average Bonchev–Trinajstić information content (AvgIpc) is 2.33. The van der Waals surface area contributed by atoms with Crippen molar-refractivity contribution in [1.29, 1.82) is 0 Å². The molecule has 0 radical (unpaired) electrons. The smallest absolute Gasteiger partial charge is 0.153 e. The molecule has 0 aromatic rings. The molecule has 1 heterocycles. The van der Waals surface area contributed by atoms with Crippen LogP contribution >= 0.6 is 0 Å². The zero-order valence-corrected chi connectivity index (χ0v) is 14.7. The highest BCUT2D eigenvalue weighted by Crippen LogP contribution is 2.40. The Bertz CT molecular complexity index is 455. The van der Waals surface area contributed by atoms with E-state index in [2.05, 4.69) is 25.7 Å². The Hall–Kier alpha value is -0.130. The first-order valence-corrected chi connectivity index (χ1v) is 10.0. The molecule has 1 aliphatic carbocycles. The van der Waals surface area contributed by atoms with E-state index in [1.165, 1.54) is 0 Å². The molecule has 0 spiro atoms. The van der Waals surface area contributed by atoms with Crippen LogP contribution in [-0.4, -0.2) is 55.2 Å². The van der Waals surface area contributed by atoms with Gasteiger partial charge in [-0.3, -0.25) is 4.90 Å². The van der Waals surface area contributed by atoms with Crippen LogP contribution in [0.3, 0.4) is 0 Å². The third-order valence-corrected chi connectivity index (χ3v) is 7.24. The van der Waals surface area contributed by atoms with Gasteiger partial charge in [-0.15, -0.1) is 0 Å². The lowest BCUT2D eigenvalue weighted by atomic mass is 9.68. The molecule has 1 aliphatic heterocycles. The molecule has 0 aromatic carbocycles. The quantitative estimate of drug-likeness (QED) is 0.845. The number of hydrogen-bond acceptors (Lipinski definition) is 4. The average molecular weight is 317 g/mol. The first kappa shape index (κ1) is 17.2. The molecule has 124 valence electrons. The van der Waals surface area contributed by atoms with Crippen molar-refractivity contribution < 1.29 is 13.5 Å². The Kier molecular flexibility index (Phi) is 5.06. The molecule has 4 nitrogen and oxygen atoms in total. The van der Waals surface area contributed by atoms with Crippen molar-refractivity contribution in [2.24, 2.45) is 17.3 Å². The van der Waals surface area contributed by atoms with E-state index in [0.717, 1.165) is 25.8 Å². The minimum Gasteiger partial charge on any atom is -0.393 e. The topological polar surface area (TPSA) is 57.6 Å². The van der Waals surface area contributed by atoms with Crippen molar-refractivity contribution in [3.63, 3.8) is 0 Å². The molecular weight excluding hydrogens is 286 g/mol. The summed E-state index contributed by atoms with van der Waals surface area (Å²) in [4.78, 5) is 2.26. The van der Waals surface area contributed by atoms with Gasteiger partial charge >= 0.3 is 0 Å². The van der Waals surface area contributed by atoms with E-state index in [0.29, 0.717) is 12.5 Å². The van der Waals surface area contributed by atoms with Gasteiger partial charge in [0.25, 0.3) is 0 Å². The number of sulfone groups is 1. The summed E-state index contributed by atoms with van der Waals surface area (Å²) in [5, 5.41) is 10.3. The summed E-state index contributed by atoms with van der Waals surface area (Å²) in [6.07, 6.45) is 2.81. The van der Waals surface area contributed by atoms with Crippen molar-refractivity contribution in [2.75, 3.05) is 24.6 Å². The van der Waals surface area contributed by atoms with Crippen LogP contribution in [0.2, 0.25) is 0 Å². The largest absolute Gasteiger partial charge is 0.393 e. The minimum absolute atomic E-state index is 0.0750. The molecule has 0 amide bonds. The molecular formula is C16H31NO3S. The maximum Gasteiger partial charge on any atom is 0.153 e. The van der Waals surface area contributed by atoms with Gasteiger partial charge in [0.05, 0.1) is 17.6 Å².